The fraction of sp³-hybridized carbons (Fsp3) is 0.312. The van der Waals surface area contributed by atoms with E-state index in [1.165, 1.54) is 0 Å². The average Bonchev–Trinajstić information content (AvgIpc) is 3.05. The normalized spacial score (nSPS) is 15.7. The summed E-state index contributed by atoms with van der Waals surface area (Å²) in [6.07, 6.45) is 2.49. The van der Waals surface area contributed by atoms with Crippen molar-refractivity contribution in [1.29, 1.82) is 0 Å². The molecule has 0 spiro atoms. The van der Waals surface area contributed by atoms with Crippen LogP contribution in [0.25, 0.3) is 0 Å². The Balaban J connectivity index is 1.67. The molecule has 0 bridgehead atoms. The summed E-state index contributed by atoms with van der Waals surface area (Å²) in [5.74, 6) is 0.940. The number of carbonyl (C=O) groups is 1. The third kappa shape index (κ3) is 2.70. The molecule has 20 heavy (non-hydrogen) atoms. The molecule has 0 atom stereocenters. The lowest BCUT2D eigenvalue weighted by molar-refractivity contribution is -0.121. The predicted molar refractivity (Wildman–Crippen MR) is 80.1 cm³/mol. The molecular weight excluding hydrogens is 270 g/mol. The number of thiophene rings is 1. The van der Waals surface area contributed by atoms with Gasteiger partial charge in [0.1, 0.15) is 5.75 Å². The van der Waals surface area contributed by atoms with Gasteiger partial charge in [-0.25, -0.2) is 0 Å². The first-order valence-electron chi connectivity index (χ1n) is 6.70. The van der Waals surface area contributed by atoms with Crippen LogP contribution in [0.15, 0.2) is 41.8 Å². The Hall–Kier alpha value is -1.81. The van der Waals surface area contributed by atoms with Crippen LogP contribution < -0.4 is 10.1 Å². The Labute approximate surface area is 122 Å². The quantitative estimate of drug-likeness (QED) is 0.917. The zero-order chi connectivity index (χ0) is 14.0. The standard InChI is InChI=1S/C16H17NO2S/c1-19-13-6-4-12(5-7-13)16(8-9-16)17-15(18)11-14-3-2-10-20-14/h2-7,10H,8-9,11H2,1H3,(H,17,18). The van der Waals surface area contributed by atoms with E-state index in [1.54, 1.807) is 18.4 Å². The first-order valence-corrected chi connectivity index (χ1v) is 7.58. The van der Waals surface area contributed by atoms with Gasteiger partial charge < -0.3 is 10.1 Å². The Morgan fingerprint density at radius 1 is 1.30 bits per heavy atom. The summed E-state index contributed by atoms with van der Waals surface area (Å²) in [7, 11) is 1.66. The van der Waals surface area contributed by atoms with Crippen molar-refractivity contribution in [2.45, 2.75) is 24.8 Å². The number of carbonyl (C=O) groups excluding carboxylic acids is 1. The lowest BCUT2D eigenvalue weighted by Crippen LogP contribution is -2.35. The summed E-state index contributed by atoms with van der Waals surface area (Å²) in [6.45, 7) is 0. The van der Waals surface area contributed by atoms with Gasteiger partial charge in [0.2, 0.25) is 5.91 Å². The molecule has 1 aliphatic carbocycles. The van der Waals surface area contributed by atoms with Gasteiger partial charge in [-0.2, -0.15) is 0 Å². The number of hydrogen-bond donors (Lipinski definition) is 1. The van der Waals surface area contributed by atoms with E-state index in [-0.39, 0.29) is 11.4 Å². The summed E-state index contributed by atoms with van der Waals surface area (Å²) in [5, 5.41) is 5.19. The minimum atomic E-state index is -0.152. The zero-order valence-electron chi connectivity index (χ0n) is 11.4. The molecule has 104 valence electrons. The van der Waals surface area contributed by atoms with Gasteiger partial charge in [0, 0.05) is 4.88 Å². The Bertz CT molecular complexity index is 585. The summed E-state index contributed by atoms with van der Waals surface area (Å²) in [4.78, 5) is 13.2. The van der Waals surface area contributed by atoms with Gasteiger partial charge in [-0.05, 0) is 42.0 Å². The van der Waals surface area contributed by atoms with Crippen LogP contribution in [0.5, 0.6) is 5.75 Å². The molecule has 3 nitrogen and oxygen atoms in total. The van der Waals surface area contributed by atoms with E-state index in [9.17, 15) is 4.79 Å². The summed E-state index contributed by atoms with van der Waals surface area (Å²) >= 11 is 1.62. The second kappa shape index (κ2) is 5.29. The van der Waals surface area contributed by atoms with E-state index in [4.69, 9.17) is 4.74 Å². The minimum Gasteiger partial charge on any atom is -0.497 e. The van der Waals surface area contributed by atoms with E-state index in [0.29, 0.717) is 6.42 Å². The molecule has 1 aromatic heterocycles. The number of hydrogen-bond acceptors (Lipinski definition) is 3. The lowest BCUT2D eigenvalue weighted by atomic mass is 10.0. The highest BCUT2D eigenvalue weighted by Gasteiger charge is 2.45. The van der Waals surface area contributed by atoms with Crippen LogP contribution in [-0.4, -0.2) is 13.0 Å². The number of methoxy groups -OCH3 is 1. The van der Waals surface area contributed by atoms with Crippen LogP contribution in [-0.2, 0) is 16.8 Å². The van der Waals surface area contributed by atoms with Crippen molar-refractivity contribution >= 4 is 17.2 Å². The number of benzene rings is 1. The van der Waals surface area contributed by atoms with Crippen molar-refractivity contribution in [2.24, 2.45) is 0 Å². The molecule has 1 saturated carbocycles. The Morgan fingerprint density at radius 2 is 2.05 bits per heavy atom. The first kappa shape index (κ1) is 13.2. The highest BCUT2D eigenvalue weighted by atomic mass is 32.1. The van der Waals surface area contributed by atoms with Gasteiger partial charge in [-0.1, -0.05) is 18.2 Å². The van der Waals surface area contributed by atoms with Gasteiger partial charge in [-0.3, -0.25) is 4.79 Å². The molecule has 1 N–H and O–H groups in total. The van der Waals surface area contributed by atoms with Crippen molar-refractivity contribution < 1.29 is 9.53 Å². The van der Waals surface area contributed by atoms with E-state index in [1.807, 2.05) is 41.8 Å². The first-order chi connectivity index (χ1) is 9.72. The third-order valence-corrected chi connectivity index (χ3v) is 4.56. The van der Waals surface area contributed by atoms with Gasteiger partial charge >= 0.3 is 0 Å². The van der Waals surface area contributed by atoms with Gasteiger partial charge in [-0.15, -0.1) is 11.3 Å². The van der Waals surface area contributed by atoms with E-state index < -0.39 is 0 Å². The second-order valence-electron chi connectivity index (χ2n) is 5.11. The monoisotopic (exact) mass is 287 g/mol. The van der Waals surface area contributed by atoms with Crippen LogP contribution in [0.1, 0.15) is 23.3 Å². The smallest absolute Gasteiger partial charge is 0.225 e. The molecule has 1 heterocycles. The van der Waals surface area contributed by atoms with Gasteiger partial charge in [0.15, 0.2) is 0 Å². The SMILES string of the molecule is COc1ccc(C2(NC(=O)Cc3cccs3)CC2)cc1. The van der Waals surface area contributed by atoms with E-state index in [0.717, 1.165) is 29.0 Å². The average molecular weight is 287 g/mol. The molecule has 1 fully saturated rings. The summed E-state index contributed by atoms with van der Waals surface area (Å²) in [5.41, 5.74) is 1.01. The molecule has 1 amide bonds. The number of amides is 1. The van der Waals surface area contributed by atoms with Crippen molar-refractivity contribution in [3.8, 4) is 5.75 Å². The predicted octanol–water partition coefficient (Wildman–Crippen LogP) is 3.10. The highest BCUT2D eigenvalue weighted by Crippen LogP contribution is 2.45. The highest BCUT2D eigenvalue weighted by molar-refractivity contribution is 7.10. The maximum absolute atomic E-state index is 12.1. The topological polar surface area (TPSA) is 38.3 Å². The van der Waals surface area contributed by atoms with Crippen LogP contribution >= 0.6 is 11.3 Å². The molecular formula is C16H17NO2S. The summed E-state index contributed by atoms with van der Waals surface area (Å²) < 4.78 is 5.17. The lowest BCUT2D eigenvalue weighted by Gasteiger charge is -2.18. The number of ether oxygens (including phenoxy) is 1. The summed E-state index contributed by atoms with van der Waals surface area (Å²) in [6, 6.07) is 11.9. The van der Waals surface area contributed by atoms with Crippen molar-refractivity contribution in [1.82, 2.24) is 5.32 Å². The molecule has 0 unspecified atom stereocenters. The van der Waals surface area contributed by atoms with E-state index in [2.05, 4.69) is 5.32 Å². The maximum atomic E-state index is 12.1. The molecule has 3 rings (SSSR count). The van der Waals surface area contributed by atoms with Crippen LogP contribution in [0.4, 0.5) is 0 Å². The molecule has 2 aromatic rings. The van der Waals surface area contributed by atoms with Crippen molar-refractivity contribution in [3.05, 3.63) is 52.2 Å². The van der Waals surface area contributed by atoms with Gasteiger partial charge in [0.25, 0.3) is 0 Å². The fourth-order valence-electron chi connectivity index (χ4n) is 2.40. The molecule has 1 aromatic carbocycles. The molecule has 0 saturated heterocycles. The molecule has 1 aliphatic rings. The third-order valence-electron chi connectivity index (χ3n) is 3.69. The Kier molecular flexibility index (Phi) is 3.49. The van der Waals surface area contributed by atoms with Crippen molar-refractivity contribution in [3.63, 3.8) is 0 Å². The van der Waals surface area contributed by atoms with Crippen LogP contribution in [0.3, 0.4) is 0 Å². The number of nitrogens with one attached hydrogen (secondary N) is 1. The minimum absolute atomic E-state index is 0.0979. The fourth-order valence-corrected chi connectivity index (χ4v) is 3.11. The van der Waals surface area contributed by atoms with Gasteiger partial charge in [0.05, 0.1) is 19.1 Å². The van der Waals surface area contributed by atoms with Crippen LogP contribution in [0.2, 0.25) is 0 Å². The van der Waals surface area contributed by atoms with Crippen molar-refractivity contribution in [2.75, 3.05) is 7.11 Å². The molecule has 0 aliphatic heterocycles. The van der Waals surface area contributed by atoms with Crippen LogP contribution in [0, 0.1) is 0 Å². The Morgan fingerprint density at radius 3 is 2.60 bits per heavy atom. The largest absolute Gasteiger partial charge is 0.497 e. The zero-order valence-corrected chi connectivity index (χ0v) is 12.2. The second-order valence-corrected chi connectivity index (χ2v) is 6.15. The van der Waals surface area contributed by atoms with E-state index >= 15 is 0 Å². The molecule has 0 radical (unpaired) electrons. The molecule has 4 heteroatoms. The number of rotatable bonds is 5. The maximum Gasteiger partial charge on any atom is 0.225 e.